The number of carbonyl (C=O) groups is 1. The number of nitrogens with zero attached hydrogens (tertiary/aromatic N) is 3. The number of carbonyl (C=O) groups excluding carboxylic acids is 1. The highest BCUT2D eigenvalue weighted by Crippen LogP contribution is 2.25. The number of aromatic nitrogens is 3. The first-order valence-electron chi connectivity index (χ1n) is 11.0. The van der Waals surface area contributed by atoms with Gasteiger partial charge in [-0.1, -0.05) is 18.7 Å². The predicted molar refractivity (Wildman–Crippen MR) is 124 cm³/mol. The molecule has 31 heavy (non-hydrogen) atoms. The second kappa shape index (κ2) is 8.23. The van der Waals surface area contributed by atoms with E-state index in [9.17, 15) is 9.59 Å². The standard InChI is InChI=1S/C24H21N5O2/c1-4-21(30)29(3)19-7-5-6-18(13-19)27-24-26-14-17-12-16(8-9-20(17)28-24)22-15(2)10-11-25-23(22)31/h4-14H,1H2,2-3H3,(H,25,31)(H,26,27,28)/i1D2,4D. The van der Waals surface area contributed by atoms with Crippen molar-refractivity contribution in [2.24, 2.45) is 0 Å². The molecule has 7 nitrogen and oxygen atoms in total. The molecule has 0 atom stereocenters. The van der Waals surface area contributed by atoms with Crippen LogP contribution in [0.4, 0.5) is 17.3 Å². The molecule has 0 aliphatic carbocycles. The zero-order valence-corrected chi connectivity index (χ0v) is 16.9. The number of hydrogen-bond donors (Lipinski definition) is 2. The van der Waals surface area contributed by atoms with Gasteiger partial charge in [0.15, 0.2) is 0 Å². The summed E-state index contributed by atoms with van der Waals surface area (Å²) in [6.45, 7) is 1.04. The summed E-state index contributed by atoms with van der Waals surface area (Å²) in [7, 11) is 1.47. The highest BCUT2D eigenvalue weighted by molar-refractivity contribution is 6.00. The van der Waals surface area contributed by atoms with Crippen LogP contribution in [0, 0.1) is 6.92 Å². The van der Waals surface area contributed by atoms with Gasteiger partial charge in [-0.15, -0.1) is 0 Å². The van der Waals surface area contributed by atoms with Crippen LogP contribution in [0.3, 0.4) is 0 Å². The lowest BCUT2D eigenvalue weighted by molar-refractivity contribution is -0.113. The summed E-state index contributed by atoms with van der Waals surface area (Å²) in [6.07, 6.45) is 3.29. The van der Waals surface area contributed by atoms with Gasteiger partial charge < -0.3 is 15.2 Å². The van der Waals surface area contributed by atoms with E-state index in [1.54, 1.807) is 36.7 Å². The maximum atomic E-state index is 12.3. The van der Waals surface area contributed by atoms with Gasteiger partial charge in [0.25, 0.3) is 5.56 Å². The number of likely N-dealkylation sites (N-methyl/N-ethyl adjacent to an activating group) is 1. The largest absolute Gasteiger partial charge is 0.329 e. The van der Waals surface area contributed by atoms with Crippen LogP contribution >= 0.6 is 0 Å². The highest BCUT2D eigenvalue weighted by Gasteiger charge is 2.10. The molecule has 154 valence electrons. The molecule has 4 rings (SSSR count). The number of aromatic amines is 1. The van der Waals surface area contributed by atoms with Crippen molar-refractivity contribution in [1.82, 2.24) is 15.0 Å². The van der Waals surface area contributed by atoms with E-state index in [1.807, 2.05) is 31.2 Å². The number of pyridine rings is 1. The number of nitrogens with one attached hydrogen (secondary N) is 2. The Bertz CT molecular complexity index is 1500. The molecule has 7 heteroatoms. The van der Waals surface area contributed by atoms with E-state index in [0.29, 0.717) is 28.4 Å². The first-order chi connectivity index (χ1) is 16.2. The summed E-state index contributed by atoms with van der Waals surface area (Å²) in [5.41, 5.74) is 3.90. The van der Waals surface area contributed by atoms with Crippen LogP contribution in [0.15, 0.2) is 78.3 Å². The van der Waals surface area contributed by atoms with Gasteiger partial charge in [0, 0.05) is 41.8 Å². The summed E-state index contributed by atoms with van der Waals surface area (Å²) >= 11 is 0. The Labute approximate surface area is 183 Å². The highest BCUT2D eigenvalue weighted by atomic mass is 16.2. The monoisotopic (exact) mass is 414 g/mol. The normalized spacial score (nSPS) is 11.9. The molecule has 0 unspecified atom stereocenters. The molecule has 0 bridgehead atoms. The third-order valence-electron chi connectivity index (χ3n) is 4.94. The Kier molecular flexibility index (Phi) is 4.39. The smallest absolute Gasteiger partial charge is 0.256 e. The molecule has 1 amide bonds. The Hall–Kier alpha value is -4.26. The average Bonchev–Trinajstić information content (AvgIpc) is 2.82. The molecule has 0 aliphatic heterocycles. The molecule has 0 radical (unpaired) electrons. The van der Waals surface area contributed by atoms with Crippen molar-refractivity contribution < 1.29 is 8.91 Å². The minimum Gasteiger partial charge on any atom is -0.329 e. The topological polar surface area (TPSA) is 91.0 Å². The summed E-state index contributed by atoms with van der Waals surface area (Å²) in [5.74, 6) is -0.400. The van der Waals surface area contributed by atoms with Crippen molar-refractivity contribution in [1.29, 1.82) is 0 Å². The van der Waals surface area contributed by atoms with Crippen molar-refractivity contribution >= 4 is 34.1 Å². The predicted octanol–water partition coefficient (Wildman–Crippen LogP) is 4.19. The third-order valence-corrected chi connectivity index (χ3v) is 4.94. The maximum Gasteiger partial charge on any atom is 0.256 e. The zero-order chi connectivity index (χ0) is 24.4. The second-order valence-electron chi connectivity index (χ2n) is 7.00. The molecule has 2 N–H and O–H groups in total. The van der Waals surface area contributed by atoms with Crippen LogP contribution in [0.5, 0.6) is 0 Å². The van der Waals surface area contributed by atoms with E-state index in [2.05, 4.69) is 20.3 Å². The Morgan fingerprint density at radius 2 is 2.16 bits per heavy atom. The SMILES string of the molecule is [2H]C([2H])=C([2H])C(=O)N(C)c1cccc(Nc2ncc3cc(-c4c(C)cc[nH]c4=O)ccc3n2)c1. The molecule has 2 aromatic heterocycles. The van der Waals surface area contributed by atoms with Gasteiger partial charge in [-0.3, -0.25) is 9.59 Å². The molecule has 0 saturated heterocycles. The lowest BCUT2D eigenvalue weighted by atomic mass is 10.0. The number of benzene rings is 2. The number of anilines is 3. The molecule has 0 spiro atoms. The Morgan fingerprint density at radius 3 is 2.97 bits per heavy atom. The van der Waals surface area contributed by atoms with Crippen molar-refractivity contribution in [3.63, 3.8) is 0 Å². The summed E-state index contributed by atoms with van der Waals surface area (Å²) in [6, 6.07) is 13.6. The van der Waals surface area contributed by atoms with E-state index < -0.39 is 18.5 Å². The van der Waals surface area contributed by atoms with Crippen molar-refractivity contribution in [2.45, 2.75) is 6.92 Å². The van der Waals surface area contributed by atoms with E-state index in [0.717, 1.165) is 16.5 Å². The number of H-pyrrole nitrogens is 1. The zero-order valence-electron chi connectivity index (χ0n) is 19.9. The van der Waals surface area contributed by atoms with Gasteiger partial charge in [0.2, 0.25) is 11.9 Å². The fraction of sp³-hybridized carbons (Fsp3) is 0.0833. The lowest BCUT2D eigenvalue weighted by Crippen LogP contribution is -2.23. The Balaban J connectivity index is 1.60. The molecule has 2 aromatic carbocycles. The van der Waals surface area contributed by atoms with E-state index in [1.165, 1.54) is 11.9 Å². The lowest BCUT2D eigenvalue weighted by Gasteiger charge is -2.16. The summed E-state index contributed by atoms with van der Waals surface area (Å²) in [4.78, 5) is 37.3. The minimum absolute atomic E-state index is 0.156. The van der Waals surface area contributed by atoms with Crippen LogP contribution in [-0.4, -0.2) is 27.9 Å². The van der Waals surface area contributed by atoms with Crippen LogP contribution in [0.2, 0.25) is 0 Å². The molecule has 0 fully saturated rings. The van der Waals surface area contributed by atoms with Gasteiger partial charge in [-0.25, -0.2) is 9.97 Å². The quantitative estimate of drug-likeness (QED) is 0.478. The average molecular weight is 414 g/mol. The number of amides is 1. The first kappa shape index (κ1) is 16.5. The van der Waals surface area contributed by atoms with Crippen molar-refractivity contribution in [3.05, 3.63) is 89.4 Å². The fourth-order valence-electron chi connectivity index (χ4n) is 3.31. The molecular formula is C24H21N5O2. The Morgan fingerprint density at radius 1 is 1.29 bits per heavy atom. The first-order valence-corrected chi connectivity index (χ1v) is 9.49. The van der Waals surface area contributed by atoms with Gasteiger partial charge in [-0.05, 0) is 60.5 Å². The van der Waals surface area contributed by atoms with Crippen molar-refractivity contribution in [2.75, 3.05) is 17.3 Å². The maximum absolute atomic E-state index is 12.3. The van der Waals surface area contributed by atoms with Crippen LogP contribution < -0.4 is 15.8 Å². The van der Waals surface area contributed by atoms with Gasteiger partial charge >= 0.3 is 0 Å². The molecule has 2 heterocycles. The third kappa shape index (κ3) is 4.06. The number of rotatable bonds is 5. The number of hydrogen-bond acceptors (Lipinski definition) is 5. The van der Waals surface area contributed by atoms with Crippen LogP contribution in [0.25, 0.3) is 22.0 Å². The summed E-state index contributed by atoms with van der Waals surface area (Å²) < 4.78 is 21.9. The minimum atomic E-state index is -0.842. The van der Waals surface area contributed by atoms with Gasteiger partial charge in [0.1, 0.15) is 0 Å². The molecule has 0 saturated carbocycles. The molecule has 0 aliphatic rings. The number of aryl methyl sites for hydroxylation is 1. The van der Waals surface area contributed by atoms with Crippen molar-refractivity contribution in [3.8, 4) is 11.1 Å². The molecule has 4 aromatic rings. The van der Waals surface area contributed by atoms with Gasteiger partial charge in [-0.2, -0.15) is 0 Å². The van der Waals surface area contributed by atoms with E-state index in [4.69, 9.17) is 4.11 Å². The van der Waals surface area contributed by atoms with Crippen LogP contribution in [-0.2, 0) is 4.79 Å². The van der Waals surface area contributed by atoms with E-state index in [-0.39, 0.29) is 5.56 Å². The van der Waals surface area contributed by atoms with E-state index >= 15 is 0 Å². The van der Waals surface area contributed by atoms with Crippen LogP contribution in [0.1, 0.15) is 9.68 Å². The molecular weight excluding hydrogens is 390 g/mol. The second-order valence-corrected chi connectivity index (χ2v) is 7.00. The van der Waals surface area contributed by atoms with Gasteiger partial charge in [0.05, 0.1) is 9.63 Å². The summed E-state index contributed by atoms with van der Waals surface area (Å²) in [5, 5.41) is 3.88. The number of fused-ring (bicyclic) bond motifs is 1. The fourth-order valence-corrected chi connectivity index (χ4v) is 3.31.